The minimum Gasteiger partial charge on any atom is -0.396 e. The van der Waals surface area contributed by atoms with Crippen LogP contribution in [0.25, 0.3) is 0 Å². The molecular formula is C11H15N3O3S. The molecule has 1 unspecified atom stereocenters. The normalized spacial score (nSPS) is 12.9. The first-order valence-corrected chi connectivity index (χ1v) is 6.98. The van der Waals surface area contributed by atoms with Crippen molar-refractivity contribution in [3.05, 3.63) is 24.0 Å². The Morgan fingerprint density at radius 2 is 2.33 bits per heavy atom. The van der Waals surface area contributed by atoms with E-state index in [1.165, 1.54) is 18.3 Å². The van der Waals surface area contributed by atoms with E-state index in [0.29, 0.717) is 12.8 Å². The van der Waals surface area contributed by atoms with E-state index in [0.717, 1.165) is 0 Å². The summed E-state index contributed by atoms with van der Waals surface area (Å²) in [5.41, 5.74) is -0.126. The van der Waals surface area contributed by atoms with Crippen molar-refractivity contribution in [2.24, 2.45) is 0 Å². The molecule has 1 aromatic heterocycles. The topological polar surface area (TPSA) is 103 Å². The maximum Gasteiger partial charge on any atom is 0.243 e. The molecule has 2 N–H and O–H groups in total. The Hall–Kier alpha value is -1.49. The van der Waals surface area contributed by atoms with Crippen LogP contribution in [0, 0.1) is 11.3 Å². The van der Waals surface area contributed by atoms with Crippen LogP contribution < -0.4 is 4.72 Å². The van der Waals surface area contributed by atoms with E-state index in [2.05, 4.69) is 9.71 Å². The summed E-state index contributed by atoms with van der Waals surface area (Å²) >= 11 is 0. The second-order valence-corrected chi connectivity index (χ2v) is 5.53. The fourth-order valence-corrected chi connectivity index (χ4v) is 2.86. The highest BCUT2D eigenvalue weighted by Crippen LogP contribution is 2.13. The van der Waals surface area contributed by atoms with Crippen LogP contribution in [0.5, 0.6) is 0 Å². The third-order valence-electron chi connectivity index (χ3n) is 2.32. The Labute approximate surface area is 106 Å². The van der Waals surface area contributed by atoms with Crippen molar-refractivity contribution >= 4 is 10.0 Å². The zero-order valence-electron chi connectivity index (χ0n) is 10.00. The lowest BCUT2D eigenvalue weighted by Crippen LogP contribution is -2.33. The Bertz CT molecular complexity index is 537. The number of hydrogen-bond acceptors (Lipinski definition) is 5. The molecule has 98 valence electrons. The van der Waals surface area contributed by atoms with Crippen molar-refractivity contribution in [3.8, 4) is 6.07 Å². The lowest BCUT2D eigenvalue weighted by atomic mass is 10.2. The lowest BCUT2D eigenvalue weighted by molar-refractivity contribution is 0.279. The van der Waals surface area contributed by atoms with Gasteiger partial charge in [0.05, 0.1) is 0 Å². The quantitative estimate of drug-likeness (QED) is 0.777. The first kappa shape index (κ1) is 14.6. The molecule has 1 atom stereocenters. The fourth-order valence-electron chi connectivity index (χ4n) is 1.48. The predicted octanol–water partition coefficient (Wildman–Crippen LogP) is 0.393. The van der Waals surface area contributed by atoms with Gasteiger partial charge in [-0.1, -0.05) is 0 Å². The highest BCUT2D eigenvalue weighted by Gasteiger charge is 2.21. The second kappa shape index (κ2) is 6.44. The van der Waals surface area contributed by atoms with Gasteiger partial charge in [0.25, 0.3) is 0 Å². The van der Waals surface area contributed by atoms with Gasteiger partial charge in [-0.05, 0) is 31.9 Å². The number of hydrogen-bond donors (Lipinski definition) is 2. The van der Waals surface area contributed by atoms with E-state index >= 15 is 0 Å². The summed E-state index contributed by atoms with van der Waals surface area (Å²) in [5.74, 6) is 0. The minimum absolute atomic E-state index is 0.0163. The second-order valence-electron chi connectivity index (χ2n) is 3.85. The number of pyridine rings is 1. The smallest absolute Gasteiger partial charge is 0.243 e. The number of nitrogens with one attached hydrogen (secondary N) is 1. The van der Waals surface area contributed by atoms with Crippen molar-refractivity contribution in [3.63, 3.8) is 0 Å². The number of aromatic nitrogens is 1. The van der Waals surface area contributed by atoms with E-state index in [4.69, 9.17) is 10.4 Å². The van der Waals surface area contributed by atoms with Crippen molar-refractivity contribution in [2.75, 3.05) is 6.61 Å². The van der Waals surface area contributed by atoms with Crippen molar-refractivity contribution in [1.29, 1.82) is 5.26 Å². The predicted molar refractivity (Wildman–Crippen MR) is 65.1 cm³/mol. The van der Waals surface area contributed by atoms with Crippen molar-refractivity contribution in [2.45, 2.75) is 30.7 Å². The van der Waals surface area contributed by atoms with E-state index in [9.17, 15) is 8.42 Å². The molecule has 0 amide bonds. The first-order valence-electron chi connectivity index (χ1n) is 5.49. The Kier molecular flexibility index (Phi) is 5.22. The zero-order valence-corrected chi connectivity index (χ0v) is 10.8. The van der Waals surface area contributed by atoms with Gasteiger partial charge in [0.15, 0.2) is 5.69 Å². The maximum absolute atomic E-state index is 12.0. The number of aliphatic hydroxyl groups excluding tert-OH is 1. The van der Waals surface area contributed by atoms with Gasteiger partial charge < -0.3 is 5.11 Å². The molecule has 6 nitrogen and oxygen atoms in total. The first-order chi connectivity index (χ1) is 8.51. The Morgan fingerprint density at radius 1 is 1.61 bits per heavy atom. The van der Waals surface area contributed by atoms with Crippen molar-refractivity contribution in [1.82, 2.24) is 9.71 Å². The molecule has 1 aromatic rings. The number of nitrogens with zero attached hydrogens (tertiary/aromatic N) is 2. The summed E-state index contributed by atoms with van der Waals surface area (Å²) in [7, 11) is -3.75. The van der Waals surface area contributed by atoms with Crippen LogP contribution in [0.2, 0.25) is 0 Å². The SMILES string of the molecule is CC(CCCO)NS(=O)(=O)c1cccnc1C#N. The van der Waals surface area contributed by atoms with E-state index in [1.807, 2.05) is 0 Å². The summed E-state index contributed by atoms with van der Waals surface area (Å²) in [6.07, 6.45) is 2.41. The van der Waals surface area contributed by atoms with E-state index in [1.54, 1.807) is 13.0 Å². The van der Waals surface area contributed by atoms with Gasteiger partial charge in [0.2, 0.25) is 10.0 Å². The third kappa shape index (κ3) is 3.77. The van der Waals surface area contributed by atoms with Crippen LogP contribution in [0.1, 0.15) is 25.5 Å². The third-order valence-corrected chi connectivity index (χ3v) is 3.94. The minimum atomic E-state index is -3.75. The van der Waals surface area contributed by atoms with Gasteiger partial charge in [-0.2, -0.15) is 5.26 Å². The fraction of sp³-hybridized carbons (Fsp3) is 0.455. The lowest BCUT2D eigenvalue weighted by Gasteiger charge is -2.13. The summed E-state index contributed by atoms with van der Waals surface area (Å²) in [5, 5.41) is 17.5. The molecule has 1 rings (SSSR count). The van der Waals surface area contributed by atoms with Crippen LogP contribution in [0.3, 0.4) is 0 Å². The van der Waals surface area contributed by atoms with Gasteiger partial charge in [-0.25, -0.2) is 18.1 Å². The molecule has 7 heteroatoms. The average Bonchev–Trinajstić information content (AvgIpc) is 2.35. The number of sulfonamides is 1. The highest BCUT2D eigenvalue weighted by molar-refractivity contribution is 7.89. The van der Waals surface area contributed by atoms with Gasteiger partial charge >= 0.3 is 0 Å². The molecule has 0 spiro atoms. The summed E-state index contributed by atoms with van der Waals surface area (Å²) in [6.45, 7) is 1.72. The maximum atomic E-state index is 12.0. The monoisotopic (exact) mass is 269 g/mol. The van der Waals surface area contributed by atoms with Gasteiger partial charge in [0.1, 0.15) is 11.0 Å². The molecule has 0 saturated carbocycles. The molecule has 0 bridgehead atoms. The molecule has 0 saturated heterocycles. The summed E-state index contributed by atoms with van der Waals surface area (Å²) < 4.78 is 26.5. The molecule has 0 aliphatic heterocycles. The zero-order chi connectivity index (χ0) is 13.6. The molecule has 0 radical (unpaired) electrons. The number of rotatable bonds is 6. The van der Waals surface area contributed by atoms with E-state index < -0.39 is 10.0 Å². The molecule has 0 fully saturated rings. The van der Waals surface area contributed by atoms with Gasteiger partial charge in [-0.3, -0.25) is 0 Å². The van der Waals surface area contributed by atoms with Gasteiger partial charge in [-0.15, -0.1) is 0 Å². The summed E-state index contributed by atoms with van der Waals surface area (Å²) in [4.78, 5) is 3.59. The van der Waals surface area contributed by atoms with E-state index in [-0.39, 0.29) is 23.2 Å². The average molecular weight is 269 g/mol. The largest absolute Gasteiger partial charge is 0.396 e. The van der Waals surface area contributed by atoms with Gasteiger partial charge in [0, 0.05) is 18.8 Å². The molecule has 18 heavy (non-hydrogen) atoms. The van der Waals surface area contributed by atoms with Crippen LogP contribution >= 0.6 is 0 Å². The Balaban J connectivity index is 2.90. The number of nitriles is 1. The standard InChI is InChI=1S/C11H15N3O3S/c1-9(4-3-7-15)14-18(16,17)11-5-2-6-13-10(11)8-12/h2,5-6,9,14-15H,3-4,7H2,1H3. The molecule has 0 aliphatic rings. The molecule has 0 aliphatic carbocycles. The molecule has 1 heterocycles. The Morgan fingerprint density at radius 3 is 2.94 bits per heavy atom. The van der Waals surface area contributed by atoms with Crippen LogP contribution in [-0.4, -0.2) is 31.2 Å². The number of aliphatic hydroxyl groups is 1. The highest BCUT2D eigenvalue weighted by atomic mass is 32.2. The molecular weight excluding hydrogens is 254 g/mol. The van der Waals surface area contributed by atoms with Crippen molar-refractivity contribution < 1.29 is 13.5 Å². The van der Waals surface area contributed by atoms with Crippen LogP contribution in [0.4, 0.5) is 0 Å². The summed E-state index contributed by atoms with van der Waals surface area (Å²) in [6, 6.07) is 4.24. The van der Waals surface area contributed by atoms with Crippen LogP contribution in [0.15, 0.2) is 23.2 Å². The molecule has 0 aromatic carbocycles. The van der Waals surface area contributed by atoms with Crippen LogP contribution in [-0.2, 0) is 10.0 Å².